The fourth-order valence-corrected chi connectivity index (χ4v) is 2.04. The molecule has 0 aliphatic rings. The van der Waals surface area contributed by atoms with Gasteiger partial charge in [-0.1, -0.05) is 12.1 Å². The summed E-state index contributed by atoms with van der Waals surface area (Å²) >= 11 is 0. The van der Waals surface area contributed by atoms with Crippen molar-refractivity contribution in [1.82, 2.24) is 14.4 Å². The van der Waals surface area contributed by atoms with Crippen molar-refractivity contribution in [1.29, 1.82) is 0 Å². The number of aromatic amines is 1. The molecule has 5 nitrogen and oxygen atoms in total. The van der Waals surface area contributed by atoms with E-state index < -0.39 is 0 Å². The van der Waals surface area contributed by atoms with E-state index in [0.29, 0.717) is 11.5 Å². The molecule has 2 aromatic heterocycles. The molecule has 5 heteroatoms. The Morgan fingerprint density at radius 1 is 1.32 bits per heavy atom. The average Bonchev–Trinajstić information content (AvgIpc) is 2.96. The van der Waals surface area contributed by atoms with Crippen LogP contribution in [0.15, 0.2) is 36.7 Å². The summed E-state index contributed by atoms with van der Waals surface area (Å²) in [6.07, 6.45) is 4.42. The smallest absolute Gasteiger partial charge is 0.212 e. The fraction of sp³-hybridized carbons (Fsp3) is 0.143. The van der Waals surface area contributed by atoms with Crippen LogP contribution in [-0.4, -0.2) is 34.8 Å². The number of benzene rings is 1. The number of rotatable bonds is 3. The predicted molar refractivity (Wildman–Crippen MR) is 74.7 cm³/mol. The molecule has 0 aliphatic carbocycles. The van der Waals surface area contributed by atoms with E-state index in [0.717, 1.165) is 23.2 Å². The first-order valence-corrected chi connectivity index (χ1v) is 5.98. The molecule has 0 spiro atoms. The molecule has 1 aromatic carbocycles. The third-order valence-corrected chi connectivity index (χ3v) is 3.05. The molecular weight excluding hydrogens is 240 g/mol. The number of nitrogens with zero attached hydrogens (tertiary/aromatic N) is 3. The van der Waals surface area contributed by atoms with E-state index in [2.05, 4.69) is 27.0 Å². The lowest BCUT2D eigenvalue weighted by atomic mass is 10.1. The van der Waals surface area contributed by atoms with Crippen LogP contribution in [0.1, 0.15) is 10.5 Å². The minimum absolute atomic E-state index is 0.524. The minimum atomic E-state index is 0.524. The number of nitrogens with one attached hydrogen (secondary N) is 1. The molecule has 0 radical (unpaired) electrons. The number of H-pyrrole nitrogens is 1. The highest BCUT2D eigenvalue weighted by atomic mass is 16.1. The second kappa shape index (κ2) is 4.28. The first-order chi connectivity index (χ1) is 9.17. The summed E-state index contributed by atoms with van der Waals surface area (Å²) in [6, 6.07) is 8.17. The molecule has 3 rings (SSSR count). The highest BCUT2D eigenvalue weighted by Crippen LogP contribution is 2.23. The van der Waals surface area contributed by atoms with Gasteiger partial charge in [-0.2, -0.15) is 0 Å². The maximum absolute atomic E-state index is 10.7. The van der Waals surface area contributed by atoms with E-state index in [-0.39, 0.29) is 0 Å². The summed E-state index contributed by atoms with van der Waals surface area (Å²) in [5, 5.41) is 0. The maximum atomic E-state index is 10.7. The van der Waals surface area contributed by atoms with Crippen LogP contribution < -0.4 is 4.90 Å². The number of aldehydes is 1. The third-order valence-electron chi connectivity index (χ3n) is 3.05. The van der Waals surface area contributed by atoms with Gasteiger partial charge in [-0.05, 0) is 12.1 Å². The van der Waals surface area contributed by atoms with Gasteiger partial charge in [0.25, 0.3) is 0 Å². The monoisotopic (exact) mass is 254 g/mol. The van der Waals surface area contributed by atoms with Crippen molar-refractivity contribution in [3.63, 3.8) is 0 Å². The third kappa shape index (κ3) is 1.99. The Morgan fingerprint density at radius 2 is 2.16 bits per heavy atom. The van der Waals surface area contributed by atoms with Crippen LogP contribution in [-0.2, 0) is 0 Å². The van der Waals surface area contributed by atoms with Crippen LogP contribution in [0.25, 0.3) is 17.0 Å². The van der Waals surface area contributed by atoms with E-state index in [1.807, 2.05) is 36.8 Å². The number of carbonyl (C=O) groups excluding carboxylic acids is 1. The van der Waals surface area contributed by atoms with Crippen molar-refractivity contribution in [2.45, 2.75) is 0 Å². The molecule has 2 heterocycles. The molecule has 0 unspecified atom stereocenters. The van der Waals surface area contributed by atoms with Crippen molar-refractivity contribution in [2.24, 2.45) is 0 Å². The van der Waals surface area contributed by atoms with Crippen LogP contribution >= 0.6 is 0 Å². The van der Waals surface area contributed by atoms with Crippen LogP contribution in [0, 0.1) is 0 Å². The van der Waals surface area contributed by atoms with Gasteiger partial charge in [0, 0.05) is 37.7 Å². The van der Waals surface area contributed by atoms with Gasteiger partial charge in [0.2, 0.25) is 5.78 Å². The summed E-state index contributed by atoms with van der Waals surface area (Å²) in [5.41, 5.74) is 3.59. The first-order valence-electron chi connectivity index (χ1n) is 5.98. The van der Waals surface area contributed by atoms with E-state index >= 15 is 0 Å². The number of hydrogen-bond donors (Lipinski definition) is 1. The zero-order valence-electron chi connectivity index (χ0n) is 10.8. The quantitative estimate of drug-likeness (QED) is 0.729. The first kappa shape index (κ1) is 11.5. The van der Waals surface area contributed by atoms with Crippen molar-refractivity contribution in [3.8, 4) is 11.3 Å². The second-order valence-corrected chi connectivity index (χ2v) is 4.63. The number of anilines is 1. The van der Waals surface area contributed by atoms with E-state index in [4.69, 9.17) is 0 Å². The lowest BCUT2D eigenvalue weighted by Crippen LogP contribution is -2.08. The van der Waals surface area contributed by atoms with Crippen LogP contribution in [0.4, 0.5) is 5.69 Å². The zero-order chi connectivity index (χ0) is 13.4. The van der Waals surface area contributed by atoms with Crippen LogP contribution in [0.3, 0.4) is 0 Å². The SMILES string of the molecule is CN(C)c1cccc(-c2cn3cc(C=O)[nH]c3n2)c1. The van der Waals surface area contributed by atoms with Gasteiger partial charge in [-0.3, -0.25) is 9.20 Å². The molecule has 0 saturated carbocycles. The Bertz CT molecular complexity index is 707. The Kier molecular flexibility index (Phi) is 2.59. The highest BCUT2D eigenvalue weighted by Gasteiger charge is 2.08. The van der Waals surface area contributed by atoms with Crippen molar-refractivity contribution >= 4 is 17.8 Å². The summed E-state index contributed by atoms with van der Waals surface area (Å²) in [7, 11) is 4.01. The summed E-state index contributed by atoms with van der Waals surface area (Å²) in [6.45, 7) is 0. The zero-order valence-corrected chi connectivity index (χ0v) is 10.8. The van der Waals surface area contributed by atoms with Gasteiger partial charge in [0.1, 0.15) is 0 Å². The number of carbonyl (C=O) groups is 1. The summed E-state index contributed by atoms with van der Waals surface area (Å²) in [4.78, 5) is 20.2. The van der Waals surface area contributed by atoms with Gasteiger partial charge >= 0.3 is 0 Å². The van der Waals surface area contributed by atoms with Crippen LogP contribution in [0.2, 0.25) is 0 Å². The Labute approximate surface area is 110 Å². The van der Waals surface area contributed by atoms with Gasteiger partial charge in [0.15, 0.2) is 6.29 Å². The Morgan fingerprint density at radius 3 is 2.84 bits per heavy atom. The van der Waals surface area contributed by atoms with Gasteiger partial charge < -0.3 is 9.88 Å². The standard InChI is InChI=1S/C14H14N4O/c1-17(2)12-5-3-4-10(6-12)13-8-18-7-11(9-19)15-14(18)16-13/h3-9H,1-2H3,(H,15,16). The molecule has 3 aromatic rings. The second-order valence-electron chi connectivity index (χ2n) is 4.63. The maximum Gasteiger partial charge on any atom is 0.212 e. The largest absolute Gasteiger partial charge is 0.378 e. The summed E-state index contributed by atoms with van der Waals surface area (Å²) < 4.78 is 1.82. The van der Waals surface area contributed by atoms with E-state index in [9.17, 15) is 4.79 Å². The van der Waals surface area contributed by atoms with Crippen molar-refractivity contribution < 1.29 is 4.79 Å². The molecule has 1 N–H and O–H groups in total. The van der Waals surface area contributed by atoms with E-state index in [1.165, 1.54) is 0 Å². The molecule has 96 valence electrons. The van der Waals surface area contributed by atoms with Crippen molar-refractivity contribution in [3.05, 3.63) is 42.4 Å². The lowest BCUT2D eigenvalue weighted by Gasteiger charge is -2.12. The molecule has 0 bridgehead atoms. The topological polar surface area (TPSA) is 53.4 Å². The number of hydrogen-bond acceptors (Lipinski definition) is 3. The number of imidazole rings is 2. The highest BCUT2D eigenvalue weighted by molar-refractivity contribution is 5.74. The number of fused-ring (bicyclic) bond motifs is 1. The van der Waals surface area contributed by atoms with Gasteiger partial charge in [0.05, 0.1) is 11.4 Å². The molecule has 0 saturated heterocycles. The van der Waals surface area contributed by atoms with Crippen molar-refractivity contribution in [2.75, 3.05) is 19.0 Å². The molecule has 0 amide bonds. The molecule has 0 aliphatic heterocycles. The number of aromatic nitrogens is 3. The Hall–Kier alpha value is -2.56. The lowest BCUT2D eigenvalue weighted by molar-refractivity contribution is 0.111. The van der Waals surface area contributed by atoms with Gasteiger partial charge in [-0.15, -0.1) is 0 Å². The van der Waals surface area contributed by atoms with Crippen LogP contribution in [0.5, 0.6) is 0 Å². The molecule has 0 fully saturated rings. The molecule has 0 atom stereocenters. The normalized spacial score (nSPS) is 10.8. The van der Waals surface area contributed by atoms with Gasteiger partial charge in [-0.25, -0.2) is 4.98 Å². The summed E-state index contributed by atoms with van der Waals surface area (Å²) in [5.74, 6) is 0.673. The minimum Gasteiger partial charge on any atom is -0.378 e. The average molecular weight is 254 g/mol. The Balaban J connectivity index is 2.05. The fourth-order valence-electron chi connectivity index (χ4n) is 2.04. The molecular formula is C14H14N4O. The molecule has 19 heavy (non-hydrogen) atoms. The van der Waals surface area contributed by atoms with E-state index in [1.54, 1.807) is 6.20 Å². The predicted octanol–water partition coefficient (Wildman–Crippen LogP) is 2.21.